The Bertz CT molecular complexity index is 735. The monoisotopic (exact) mass is 328 g/mol. The molecule has 2 saturated heterocycles. The average molecular weight is 328 g/mol. The molecule has 2 aliphatic heterocycles. The molecule has 7 nitrogen and oxygen atoms in total. The Kier molecular flexibility index (Phi) is 3.88. The fourth-order valence-corrected chi connectivity index (χ4v) is 4.10. The topological polar surface area (TPSA) is 59.2 Å². The van der Waals surface area contributed by atoms with Gasteiger partial charge in [0.1, 0.15) is 0 Å². The summed E-state index contributed by atoms with van der Waals surface area (Å²) in [5.74, 6) is 0.213. The maximum Gasteiger partial charge on any atom is 0.244 e. The van der Waals surface area contributed by atoms with E-state index in [4.69, 9.17) is 0 Å². The molecule has 4 heterocycles. The highest BCUT2D eigenvalue weighted by atomic mass is 16.2. The number of nitrogens with zero attached hydrogens (tertiary/aromatic N) is 6. The van der Waals surface area contributed by atoms with Gasteiger partial charge in [0, 0.05) is 44.6 Å². The van der Waals surface area contributed by atoms with E-state index >= 15 is 0 Å². The lowest BCUT2D eigenvalue weighted by Crippen LogP contribution is -2.52. The summed E-state index contributed by atoms with van der Waals surface area (Å²) in [4.78, 5) is 17.4. The van der Waals surface area contributed by atoms with Gasteiger partial charge < -0.3 is 4.90 Å². The second kappa shape index (κ2) is 6.05. The molecular formula is C17H24N6O. The minimum absolute atomic E-state index is 0.0355. The highest BCUT2D eigenvalue weighted by Gasteiger charge is 2.40. The summed E-state index contributed by atoms with van der Waals surface area (Å²) in [6.07, 6.45) is 11.9. The summed E-state index contributed by atoms with van der Waals surface area (Å²) >= 11 is 0. The first-order valence-electron chi connectivity index (χ1n) is 8.68. The van der Waals surface area contributed by atoms with E-state index in [1.807, 2.05) is 36.1 Å². The van der Waals surface area contributed by atoms with E-state index in [2.05, 4.69) is 21.3 Å². The van der Waals surface area contributed by atoms with Crippen molar-refractivity contribution in [2.24, 2.45) is 14.1 Å². The van der Waals surface area contributed by atoms with Crippen LogP contribution in [0.4, 0.5) is 5.69 Å². The second-order valence-corrected chi connectivity index (χ2v) is 6.86. The fourth-order valence-electron chi connectivity index (χ4n) is 4.10. The second-order valence-electron chi connectivity index (χ2n) is 6.86. The van der Waals surface area contributed by atoms with Crippen molar-refractivity contribution in [1.82, 2.24) is 24.5 Å². The molecule has 0 N–H and O–H groups in total. The minimum atomic E-state index is -0.0355. The third-order valence-electron chi connectivity index (χ3n) is 5.22. The van der Waals surface area contributed by atoms with Crippen LogP contribution in [0.5, 0.6) is 0 Å². The van der Waals surface area contributed by atoms with Crippen molar-refractivity contribution in [2.45, 2.75) is 37.8 Å². The summed E-state index contributed by atoms with van der Waals surface area (Å²) in [7, 11) is 3.83. The molecule has 128 valence electrons. The molecule has 2 aromatic heterocycles. The van der Waals surface area contributed by atoms with E-state index in [0.717, 1.165) is 44.5 Å². The van der Waals surface area contributed by atoms with E-state index in [0.29, 0.717) is 6.04 Å². The van der Waals surface area contributed by atoms with Crippen LogP contribution < -0.4 is 4.90 Å². The molecule has 0 bridgehead atoms. The Balaban J connectivity index is 1.57. The molecule has 2 fully saturated rings. The number of hydrogen-bond donors (Lipinski definition) is 0. The summed E-state index contributed by atoms with van der Waals surface area (Å²) in [5.41, 5.74) is 2.13. The standard InChI is InChI=1S/C17H24N6O/c1-20-11-13(9-18-20)15-5-3-8-23(15)16-6-4-7-22(17(16)24)14-10-19-21(2)12-14/h9-12,15-16H,3-8H2,1-2H3. The van der Waals surface area contributed by atoms with Crippen molar-refractivity contribution in [3.05, 3.63) is 30.4 Å². The van der Waals surface area contributed by atoms with Crippen LogP contribution in [-0.2, 0) is 18.9 Å². The molecule has 24 heavy (non-hydrogen) atoms. The number of piperidine rings is 1. The Hall–Kier alpha value is -2.15. The lowest BCUT2D eigenvalue weighted by molar-refractivity contribution is -0.125. The molecule has 2 unspecified atom stereocenters. The highest BCUT2D eigenvalue weighted by molar-refractivity contribution is 5.97. The van der Waals surface area contributed by atoms with E-state index in [1.54, 1.807) is 10.9 Å². The van der Waals surface area contributed by atoms with Gasteiger partial charge in [-0.05, 0) is 32.2 Å². The number of aryl methyl sites for hydroxylation is 2. The van der Waals surface area contributed by atoms with Gasteiger partial charge in [-0.15, -0.1) is 0 Å². The third-order valence-corrected chi connectivity index (χ3v) is 5.22. The first-order valence-corrected chi connectivity index (χ1v) is 8.68. The predicted octanol–water partition coefficient (Wildman–Crippen LogP) is 1.49. The molecule has 0 aromatic carbocycles. The van der Waals surface area contributed by atoms with Crippen molar-refractivity contribution < 1.29 is 4.79 Å². The first kappa shape index (κ1) is 15.4. The molecule has 0 spiro atoms. The molecule has 0 aliphatic carbocycles. The van der Waals surface area contributed by atoms with Gasteiger partial charge >= 0.3 is 0 Å². The maximum absolute atomic E-state index is 13.1. The van der Waals surface area contributed by atoms with Gasteiger partial charge in [-0.2, -0.15) is 10.2 Å². The zero-order valence-electron chi connectivity index (χ0n) is 14.3. The summed E-state index contributed by atoms with van der Waals surface area (Å²) in [6.45, 7) is 1.77. The molecule has 4 rings (SSSR count). The van der Waals surface area contributed by atoms with Crippen LogP contribution in [0.1, 0.15) is 37.3 Å². The van der Waals surface area contributed by atoms with Crippen molar-refractivity contribution in [2.75, 3.05) is 18.0 Å². The average Bonchev–Trinajstić information content (AvgIpc) is 3.28. The first-order chi connectivity index (χ1) is 11.6. The molecule has 2 aliphatic rings. The third kappa shape index (κ3) is 2.62. The summed E-state index contributed by atoms with van der Waals surface area (Å²) < 4.78 is 3.59. The van der Waals surface area contributed by atoms with Crippen LogP contribution in [0.25, 0.3) is 0 Å². The summed E-state index contributed by atoms with van der Waals surface area (Å²) in [5, 5.41) is 8.52. The quantitative estimate of drug-likeness (QED) is 0.856. The van der Waals surface area contributed by atoms with E-state index in [1.165, 1.54) is 5.56 Å². The molecular weight excluding hydrogens is 304 g/mol. The Labute approximate surface area is 141 Å². The molecule has 0 radical (unpaired) electrons. The minimum Gasteiger partial charge on any atom is -0.308 e. The van der Waals surface area contributed by atoms with Crippen molar-refractivity contribution in [3.8, 4) is 0 Å². The van der Waals surface area contributed by atoms with Gasteiger partial charge in [-0.25, -0.2) is 0 Å². The van der Waals surface area contributed by atoms with Crippen molar-refractivity contribution >= 4 is 11.6 Å². The fraction of sp³-hybridized carbons (Fsp3) is 0.588. The van der Waals surface area contributed by atoms with Crippen LogP contribution in [0.3, 0.4) is 0 Å². The van der Waals surface area contributed by atoms with Crippen molar-refractivity contribution in [1.29, 1.82) is 0 Å². The number of carbonyl (C=O) groups excluding carboxylic acids is 1. The number of carbonyl (C=O) groups is 1. The van der Waals surface area contributed by atoms with E-state index in [-0.39, 0.29) is 11.9 Å². The summed E-state index contributed by atoms with van der Waals surface area (Å²) in [6, 6.07) is 0.271. The largest absolute Gasteiger partial charge is 0.308 e. The smallest absolute Gasteiger partial charge is 0.244 e. The maximum atomic E-state index is 13.1. The number of likely N-dealkylation sites (tertiary alicyclic amines) is 1. The van der Waals surface area contributed by atoms with Crippen LogP contribution in [0.2, 0.25) is 0 Å². The number of rotatable bonds is 3. The molecule has 2 aromatic rings. The van der Waals surface area contributed by atoms with Gasteiger partial charge in [0.15, 0.2) is 0 Å². The Morgan fingerprint density at radius 2 is 1.67 bits per heavy atom. The predicted molar refractivity (Wildman–Crippen MR) is 90.5 cm³/mol. The van der Waals surface area contributed by atoms with E-state index < -0.39 is 0 Å². The molecule has 7 heteroatoms. The SMILES string of the molecule is Cn1cc(C2CCCN2C2CCCN(c3cnn(C)c3)C2=O)cn1. The van der Waals surface area contributed by atoms with Crippen LogP contribution >= 0.6 is 0 Å². The van der Waals surface area contributed by atoms with Gasteiger partial charge in [-0.3, -0.25) is 19.1 Å². The van der Waals surface area contributed by atoms with Gasteiger partial charge in [0.05, 0.1) is 24.1 Å². The normalized spacial score (nSPS) is 25.6. The number of hydrogen-bond acceptors (Lipinski definition) is 4. The van der Waals surface area contributed by atoms with Gasteiger partial charge in [-0.1, -0.05) is 0 Å². The molecule has 1 amide bonds. The zero-order chi connectivity index (χ0) is 16.7. The lowest BCUT2D eigenvalue weighted by atomic mass is 10.00. The number of amides is 1. The lowest BCUT2D eigenvalue weighted by Gasteiger charge is -2.38. The van der Waals surface area contributed by atoms with Crippen LogP contribution in [0.15, 0.2) is 24.8 Å². The zero-order valence-corrected chi connectivity index (χ0v) is 14.3. The number of aromatic nitrogens is 4. The van der Waals surface area contributed by atoms with Gasteiger partial charge in [0.25, 0.3) is 0 Å². The Morgan fingerprint density at radius 1 is 0.958 bits per heavy atom. The van der Waals surface area contributed by atoms with Gasteiger partial charge in [0.2, 0.25) is 5.91 Å². The highest BCUT2D eigenvalue weighted by Crippen LogP contribution is 2.36. The molecule has 2 atom stereocenters. The Morgan fingerprint density at radius 3 is 2.38 bits per heavy atom. The molecule has 0 saturated carbocycles. The number of anilines is 1. The van der Waals surface area contributed by atoms with Crippen LogP contribution in [0, 0.1) is 0 Å². The van der Waals surface area contributed by atoms with Crippen LogP contribution in [-0.4, -0.2) is 49.5 Å². The van der Waals surface area contributed by atoms with Crippen molar-refractivity contribution in [3.63, 3.8) is 0 Å². The van der Waals surface area contributed by atoms with E-state index in [9.17, 15) is 4.79 Å².